The van der Waals surface area contributed by atoms with Crippen molar-refractivity contribution in [3.8, 4) is 0 Å². The maximum Gasteiger partial charge on any atom is 0.00362 e. The fourth-order valence-electron chi connectivity index (χ4n) is 4.87. The molecule has 1 heteroatoms. The standard InChI is InChI=1S/C23H41N.C9H18.C5H10/c1-5-7-9-13-21-15-17-22(18-16-21)20(4)19(3)12-10-8-11-14-23(24)6-2;1-4-5-6-7-8-9(2)3;1-5-3-2-4-5/h15-20,23H,5-14,24H2,1-4H3;2,4-8H2,1,3H3;5H,2-4H2,1H3. The number of rotatable bonds is 18. The number of benzene rings is 1. The van der Waals surface area contributed by atoms with Gasteiger partial charge in [0.05, 0.1) is 0 Å². The fraction of sp³-hybridized carbons (Fsp3) is 0.784. The zero-order valence-corrected chi connectivity index (χ0v) is 27.1. The lowest BCUT2D eigenvalue weighted by Gasteiger charge is -2.21. The summed E-state index contributed by atoms with van der Waals surface area (Å²) in [6.07, 6.45) is 23.9. The first-order valence-corrected chi connectivity index (χ1v) is 16.7. The van der Waals surface area contributed by atoms with E-state index in [4.69, 9.17) is 5.73 Å². The Morgan fingerprint density at radius 3 is 1.89 bits per heavy atom. The van der Waals surface area contributed by atoms with Gasteiger partial charge in [-0.2, -0.15) is 0 Å². The third kappa shape index (κ3) is 20.8. The highest BCUT2D eigenvalue weighted by Gasteiger charge is 2.14. The zero-order chi connectivity index (χ0) is 28.6. The van der Waals surface area contributed by atoms with Crippen molar-refractivity contribution in [2.24, 2.45) is 17.6 Å². The first kappa shape index (κ1) is 36.9. The molecule has 1 aliphatic rings. The van der Waals surface area contributed by atoms with E-state index in [0.29, 0.717) is 12.0 Å². The molecule has 0 bridgehead atoms. The fourth-order valence-corrected chi connectivity index (χ4v) is 4.87. The minimum Gasteiger partial charge on any atom is -0.328 e. The van der Waals surface area contributed by atoms with Crippen LogP contribution in [0.5, 0.6) is 0 Å². The summed E-state index contributed by atoms with van der Waals surface area (Å²) < 4.78 is 0. The molecule has 0 aromatic heterocycles. The van der Waals surface area contributed by atoms with Gasteiger partial charge in [-0.1, -0.05) is 148 Å². The van der Waals surface area contributed by atoms with E-state index in [1.807, 2.05) is 0 Å². The predicted molar refractivity (Wildman–Crippen MR) is 175 cm³/mol. The Morgan fingerprint density at radius 1 is 0.842 bits per heavy atom. The quantitative estimate of drug-likeness (QED) is 0.149. The zero-order valence-electron chi connectivity index (χ0n) is 27.1. The number of hydrogen-bond acceptors (Lipinski definition) is 1. The van der Waals surface area contributed by atoms with E-state index in [1.165, 1.54) is 126 Å². The topological polar surface area (TPSA) is 26.0 Å². The molecule has 1 fully saturated rings. The van der Waals surface area contributed by atoms with Crippen LogP contribution >= 0.6 is 0 Å². The first-order valence-electron chi connectivity index (χ1n) is 16.7. The number of aryl methyl sites for hydroxylation is 1. The van der Waals surface area contributed by atoms with Crippen LogP contribution in [0.25, 0.3) is 0 Å². The van der Waals surface area contributed by atoms with Crippen LogP contribution in [-0.2, 0) is 6.42 Å². The van der Waals surface area contributed by atoms with Crippen LogP contribution in [0.3, 0.4) is 0 Å². The second-order valence-electron chi connectivity index (χ2n) is 12.6. The van der Waals surface area contributed by atoms with Gasteiger partial charge in [0.2, 0.25) is 0 Å². The molecule has 0 heterocycles. The Hall–Kier alpha value is -1.08. The molecule has 3 unspecified atom stereocenters. The maximum atomic E-state index is 5.99. The molecule has 1 nitrogen and oxygen atoms in total. The highest BCUT2D eigenvalue weighted by molar-refractivity contribution is 5.25. The van der Waals surface area contributed by atoms with E-state index in [0.717, 1.165) is 18.3 Å². The van der Waals surface area contributed by atoms with Gasteiger partial charge in [-0.15, -0.1) is 6.58 Å². The molecule has 38 heavy (non-hydrogen) atoms. The van der Waals surface area contributed by atoms with Gasteiger partial charge in [0.15, 0.2) is 0 Å². The third-order valence-electron chi connectivity index (χ3n) is 8.54. The van der Waals surface area contributed by atoms with Gasteiger partial charge in [0, 0.05) is 6.04 Å². The maximum absolute atomic E-state index is 5.99. The van der Waals surface area contributed by atoms with Crippen LogP contribution in [0.15, 0.2) is 36.4 Å². The Bertz CT molecular complexity index is 641. The Kier molecular flexibility index (Phi) is 24.2. The second kappa shape index (κ2) is 24.9. The lowest BCUT2D eigenvalue weighted by molar-refractivity contribution is 0.346. The summed E-state index contributed by atoms with van der Waals surface area (Å²) in [6, 6.07) is 9.84. The van der Waals surface area contributed by atoms with Crippen molar-refractivity contribution in [1.29, 1.82) is 0 Å². The summed E-state index contributed by atoms with van der Waals surface area (Å²) in [5.41, 5.74) is 10.3. The van der Waals surface area contributed by atoms with Crippen LogP contribution < -0.4 is 5.73 Å². The van der Waals surface area contributed by atoms with Crippen LogP contribution in [0.4, 0.5) is 0 Å². The van der Waals surface area contributed by atoms with Crippen molar-refractivity contribution in [3.05, 3.63) is 47.5 Å². The molecule has 0 spiro atoms. The van der Waals surface area contributed by atoms with E-state index in [-0.39, 0.29) is 0 Å². The van der Waals surface area contributed by atoms with Crippen molar-refractivity contribution in [3.63, 3.8) is 0 Å². The molecule has 1 saturated carbocycles. The predicted octanol–water partition coefficient (Wildman–Crippen LogP) is 12.2. The van der Waals surface area contributed by atoms with Gasteiger partial charge >= 0.3 is 0 Å². The van der Waals surface area contributed by atoms with E-state index in [2.05, 4.69) is 79.3 Å². The van der Waals surface area contributed by atoms with Crippen molar-refractivity contribution < 1.29 is 0 Å². The summed E-state index contributed by atoms with van der Waals surface area (Å²) >= 11 is 0. The van der Waals surface area contributed by atoms with Crippen molar-refractivity contribution >= 4 is 0 Å². The first-order chi connectivity index (χ1) is 18.2. The largest absolute Gasteiger partial charge is 0.328 e. The van der Waals surface area contributed by atoms with Gasteiger partial charge in [-0.25, -0.2) is 0 Å². The van der Waals surface area contributed by atoms with Crippen LogP contribution in [0, 0.1) is 11.8 Å². The monoisotopic (exact) mass is 528 g/mol. The van der Waals surface area contributed by atoms with Gasteiger partial charge < -0.3 is 5.73 Å². The smallest absolute Gasteiger partial charge is 0.00362 e. The molecule has 1 aromatic carbocycles. The summed E-state index contributed by atoms with van der Waals surface area (Å²) in [7, 11) is 0. The molecule has 1 aromatic rings. The molecular weight excluding hydrogens is 458 g/mol. The summed E-state index contributed by atoms with van der Waals surface area (Å²) in [5.74, 6) is 2.48. The number of hydrogen-bond donors (Lipinski definition) is 1. The molecule has 222 valence electrons. The van der Waals surface area contributed by atoms with Gasteiger partial charge in [-0.05, 0) is 74.3 Å². The van der Waals surface area contributed by atoms with Crippen LogP contribution in [0.2, 0.25) is 0 Å². The molecule has 2 N–H and O–H groups in total. The number of unbranched alkanes of at least 4 members (excludes halogenated alkanes) is 7. The Morgan fingerprint density at radius 2 is 1.39 bits per heavy atom. The molecule has 2 rings (SSSR count). The van der Waals surface area contributed by atoms with Gasteiger partial charge in [-0.3, -0.25) is 0 Å². The highest BCUT2D eigenvalue weighted by Crippen LogP contribution is 2.28. The van der Waals surface area contributed by atoms with E-state index < -0.39 is 0 Å². The average Bonchev–Trinajstić information content (AvgIpc) is 2.90. The molecule has 0 amide bonds. The highest BCUT2D eigenvalue weighted by atomic mass is 14.6. The Labute approximate surface area is 240 Å². The summed E-state index contributed by atoms with van der Waals surface area (Å²) in [5, 5.41) is 0. The molecule has 1 aliphatic carbocycles. The molecule has 0 saturated heterocycles. The molecule has 3 atom stereocenters. The third-order valence-corrected chi connectivity index (χ3v) is 8.54. The lowest BCUT2D eigenvalue weighted by atomic mass is 9.85. The van der Waals surface area contributed by atoms with E-state index in [1.54, 1.807) is 0 Å². The van der Waals surface area contributed by atoms with Gasteiger partial charge in [0.25, 0.3) is 0 Å². The van der Waals surface area contributed by atoms with E-state index in [9.17, 15) is 0 Å². The van der Waals surface area contributed by atoms with Crippen LogP contribution in [-0.4, -0.2) is 6.04 Å². The lowest BCUT2D eigenvalue weighted by Crippen LogP contribution is -2.17. The van der Waals surface area contributed by atoms with Crippen molar-refractivity contribution in [2.75, 3.05) is 0 Å². The van der Waals surface area contributed by atoms with Gasteiger partial charge in [0.1, 0.15) is 0 Å². The SMILES string of the molecule is C=C(C)CCCCCC.CC1CCC1.CCCCCc1ccc(C(C)C(C)CCCCCC(N)CC)cc1. The average molecular weight is 528 g/mol. The van der Waals surface area contributed by atoms with Crippen LogP contribution in [0.1, 0.15) is 175 Å². The minimum absolute atomic E-state index is 0.414. The number of nitrogens with two attached hydrogens (primary N) is 1. The summed E-state index contributed by atoms with van der Waals surface area (Å²) in [4.78, 5) is 0. The minimum atomic E-state index is 0.414. The number of allylic oxidation sites excluding steroid dienone is 1. The normalized spacial score (nSPS) is 15.3. The van der Waals surface area contributed by atoms with Crippen molar-refractivity contribution in [1.82, 2.24) is 0 Å². The van der Waals surface area contributed by atoms with E-state index >= 15 is 0 Å². The molecular formula is C37H69N. The Balaban J connectivity index is 0.000000792. The molecule has 0 aliphatic heterocycles. The molecule has 0 radical (unpaired) electrons. The second-order valence-corrected chi connectivity index (χ2v) is 12.6. The van der Waals surface area contributed by atoms with Crippen molar-refractivity contribution in [2.45, 2.75) is 176 Å². The summed E-state index contributed by atoms with van der Waals surface area (Å²) in [6.45, 7) is 19.8.